The lowest BCUT2D eigenvalue weighted by Gasteiger charge is -2.16. The van der Waals surface area contributed by atoms with Crippen LogP contribution in [0.1, 0.15) is 48.1 Å². The Kier molecular flexibility index (Phi) is 3.53. The van der Waals surface area contributed by atoms with Crippen molar-refractivity contribution in [2.75, 3.05) is 6.61 Å². The number of nitrogens with zero attached hydrogens (tertiary/aromatic N) is 4. The molecule has 8 heteroatoms. The third-order valence-corrected chi connectivity index (χ3v) is 3.71. The minimum Gasteiger partial charge on any atom is -0.390 e. The molecule has 8 nitrogen and oxygen atoms in total. The largest absolute Gasteiger partial charge is 0.390 e. The molecule has 0 saturated heterocycles. The van der Waals surface area contributed by atoms with Gasteiger partial charge >= 0.3 is 5.69 Å². The van der Waals surface area contributed by atoms with E-state index in [1.165, 1.54) is 22.5 Å². The zero-order valence-corrected chi connectivity index (χ0v) is 13.8. The summed E-state index contributed by atoms with van der Waals surface area (Å²) < 4.78 is 53.3. The van der Waals surface area contributed by atoms with Gasteiger partial charge < -0.3 is 14.4 Å². The third-order valence-electron chi connectivity index (χ3n) is 3.71. The molecular formula is C16H26N4O4. The number of fused-ring (bicyclic) bond motifs is 1. The highest BCUT2D eigenvalue weighted by molar-refractivity contribution is 5.69. The first-order chi connectivity index (χ1) is 13.8. The van der Waals surface area contributed by atoms with Gasteiger partial charge in [0.15, 0.2) is 11.2 Å². The number of aromatic nitrogens is 4. The minimum atomic E-state index is -3.10. The summed E-state index contributed by atoms with van der Waals surface area (Å²) >= 11 is 0. The molecule has 2 aromatic heterocycles. The molecule has 2 rings (SSSR count). The summed E-state index contributed by atoms with van der Waals surface area (Å²) in [6.45, 7) is -3.96. The van der Waals surface area contributed by atoms with E-state index in [-0.39, 0.29) is 37.3 Å². The second-order valence-electron chi connectivity index (χ2n) is 5.62. The standard InChI is InChI=1S/C16H26N4O4/c1-5-24-11-19-10-17-13-12(19)14(21)20(15(22)18(13)4)9-7-6-8-16(2,3)23/h10,23H,5-9,11H2,1-4H3/i2D3,3D3. The zero-order chi connectivity index (χ0) is 22.9. The fourth-order valence-electron chi connectivity index (χ4n) is 2.46. The molecule has 0 fully saturated rings. The molecule has 2 heterocycles. The van der Waals surface area contributed by atoms with Gasteiger partial charge in [0.1, 0.15) is 6.73 Å². The van der Waals surface area contributed by atoms with Gasteiger partial charge in [0.05, 0.1) is 11.9 Å². The summed E-state index contributed by atoms with van der Waals surface area (Å²) in [6, 6.07) is 0. The maximum atomic E-state index is 12.9. The Balaban J connectivity index is 2.26. The Labute approximate surface area is 148 Å². The van der Waals surface area contributed by atoms with Crippen LogP contribution in [-0.4, -0.2) is 36.0 Å². The molecule has 1 N–H and O–H groups in total. The summed E-state index contributed by atoms with van der Waals surface area (Å²) in [5.41, 5.74) is -3.65. The highest BCUT2D eigenvalue weighted by Crippen LogP contribution is 2.12. The summed E-state index contributed by atoms with van der Waals surface area (Å²) in [4.78, 5) is 29.5. The van der Waals surface area contributed by atoms with Crippen molar-refractivity contribution in [3.05, 3.63) is 27.2 Å². The molecule has 0 amide bonds. The number of ether oxygens (including phenoxy) is 1. The van der Waals surface area contributed by atoms with Crippen molar-refractivity contribution in [3.63, 3.8) is 0 Å². The topological polar surface area (TPSA) is 91.3 Å². The monoisotopic (exact) mass is 344 g/mol. The first-order valence-corrected chi connectivity index (χ1v) is 7.71. The smallest absolute Gasteiger partial charge is 0.332 e. The Morgan fingerprint density at radius 3 is 2.79 bits per heavy atom. The Morgan fingerprint density at radius 1 is 1.38 bits per heavy atom. The lowest BCUT2D eigenvalue weighted by molar-refractivity contribution is 0.0678. The second-order valence-corrected chi connectivity index (χ2v) is 5.62. The van der Waals surface area contributed by atoms with E-state index in [1.807, 2.05) is 0 Å². The lowest BCUT2D eigenvalue weighted by atomic mass is 10.0. The summed E-state index contributed by atoms with van der Waals surface area (Å²) in [5.74, 6) is 0. The van der Waals surface area contributed by atoms with Crippen LogP contribution in [-0.2, 0) is 25.1 Å². The number of aliphatic hydroxyl groups is 1. The average Bonchev–Trinajstić information content (AvgIpc) is 3.06. The van der Waals surface area contributed by atoms with Gasteiger partial charge in [0, 0.05) is 28.4 Å². The number of rotatable bonds is 8. The highest BCUT2D eigenvalue weighted by atomic mass is 16.5. The number of imidazole rings is 1. The number of hydrogen-bond acceptors (Lipinski definition) is 5. The molecule has 24 heavy (non-hydrogen) atoms. The molecule has 0 spiro atoms. The van der Waals surface area contributed by atoms with E-state index in [2.05, 4.69) is 4.98 Å². The SMILES string of the molecule is [2H]C([2H])([2H])C(O)(CCCCn1c(=O)c2c(ncn2COCC)n(C)c1=O)C([2H])([2H])[2H]. The van der Waals surface area contributed by atoms with Gasteiger partial charge in [-0.05, 0) is 39.9 Å². The van der Waals surface area contributed by atoms with Gasteiger partial charge in [0.25, 0.3) is 5.56 Å². The summed E-state index contributed by atoms with van der Waals surface area (Å²) in [5, 5.41) is 10.3. The van der Waals surface area contributed by atoms with Crippen molar-refractivity contribution >= 4 is 11.2 Å². The average molecular weight is 344 g/mol. The Morgan fingerprint density at radius 2 is 2.12 bits per heavy atom. The third kappa shape index (κ3) is 3.93. The van der Waals surface area contributed by atoms with E-state index in [0.717, 1.165) is 4.57 Å². The van der Waals surface area contributed by atoms with Gasteiger partial charge in [-0.25, -0.2) is 9.78 Å². The van der Waals surface area contributed by atoms with Crippen LogP contribution < -0.4 is 11.2 Å². The molecule has 0 aromatic carbocycles. The number of hydrogen-bond donors (Lipinski definition) is 1. The van der Waals surface area contributed by atoms with Crippen molar-refractivity contribution in [1.82, 2.24) is 18.7 Å². The van der Waals surface area contributed by atoms with Crippen LogP contribution in [0.25, 0.3) is 11.2 Å². The second kappa shape index (κ2) is 7.31. The zero-order valence-electron chi connectivity index (χ0n) is 19.8. The predicted octanol–water partition coefficient (Wildman–Crippen LogP) is 0.832. The van der Waals surface area contributed by atoms with E-state index in [4.69, 9.17) is 13.0 Å². The van der Waals surface area contributed by atoms with E-state index in [0.29, 0.717) is 6.61 Å². The van der Waals surface area contributed by atoms with E-state index in [9.17, 15) is 14.7 Å². The Bertz CT molecular complexity index is 991. The predicted molar refractivity (Wildman–Crippen MR) is 91.0 cm³/mol. The highest BCUT2D eigenvalue weighted by Gasteiger charge is 2.16. The molecule has 2 aromatic rings. The van der Waals surface area contributed by atoms with Gasteiger partial charge in [0.2, 0.25) is 0 Å². The molecule has 0 aliphatic carbocycles. The van der Waals surface area contributed by atoms with Crippen molar-refractivity contribution in [2.24, 2.45) is 7.05 Å². The number of unbranched alkanes of at least 4 members (excludes halogenated alkanes) is 1. The molecule has 0 bridgehead atoms. The molecule has 0 unspecified atom stereocenters. The van der Waals surface area contributed by atoms with Crippen LogP contribution in [0.5, 0.6) is 0 Å². The van der Waals surface area contributed by atoms with Crippen molar-refractivity contribution in [1.29, 1.82) is 0 Å². The van der Waals surface area contributed by atoms with Crippen molar-refractivity contribution in [3.8, 4) is 0 Å². The van der Waals surface area contributed by atoms with E-state index in [1.54, 1.807) is 6.92 Å². The number of aryl methyl sites for hydroxylation is 1. The van der Waals surface area contributed by atoms with Gasteiger partial charge in [-0.3, -0.25) is 13.9 Å². The fourth-order valence-corrected chi connectivity index (χ4v) is 2.46. The van der Waals surface area contributed by atoms with Crippen LogP contribution in [0.2, 0.25) is 0 Å². The molecule has 0 aliphatic heterocycles. The Hall–Kier alpha value is -1.93. The van der Waals surface area contributed by atoms with Crippen LogP contribution >= 0.6 is 0 Å². The van der Waals surface area contributed by atoms with Crippen LogP contribution in [0.4, 0.5) is 0 Å². The summed E-state index contributed by atoms with van der Waals surface area (Å²) in [7, 11) is 1.47. The quantitative estimate of drug-likeness (QED) is 0.716. The van der Waals surface area contributed by atoms with Crippen molar-refractivity contribution in [2.45, 2.75) is 58.8 Å². The first-order valence-electron chi connectivity index (χ1n) is 10.7. The van der Waals surface area contributed by atoms with Crippen LogP contribution in [0, 0.1) is 0 Å². The molecular weight excluding hydrogens is 312 g/mol. The fraction of sp³-hybridized carbons (Fsp3) is 0.688. The maximum Gasteiger partial charge on any atom is 0.332 e. The molecule has 0 aliphatic rings. The molecule has 0 atom stereocenters. The molecule has 0 radical (unpaired) electrons. The van der Waals surface area contributed by atoms with E-state index >= 15 is 0 Å². The maximum absolute atomic E-state index is 12.9. The van der Waals surface area contributed by atoms with Crippen molar-refractivity contribution < 1.29 is 18.1 Å². The van der Waals surface area contributed by atoms with Gasteiger partial charge in [-0.15, -0.1) is 0 Å². The van der Waals surface area contributed by atoms with Gasteiger partial charge in [-0.1, -0.05) is 0 Å². The van der Waals surface area contributed by atoms with Gasteiger partial charge in [-0.2, -0.15) is 0 Å². The first kappa shape index (κ1) is 11.6. The normalized spacial score (nSPS) is 17.0. The summed E-state index contributed by atoms with van der Waals surface area (Å²) in [6.07, 6.45) is 0.978. The van der Waals surface area contributed by atoms with E-state index < -0.39 is 37.0 Å². The minimum absolute atomic E-state index is 0.0148. The molecule has 134 valence electrons. The van der Waals surface area contributed by atoms with Crippen LogP contribution in [0.3, 0.4) is 0 Å². The molecule has 0 saturated carbocycles. The lowest BCUT2D eigenvalue weighted by Crippen LogP contribution is -2.39. The van der Waals surface area contributed by atoms with Crippen LogP contribution in [0.15, 0.2) is 15.9 Å².